The van der Waals surface area contributed by atoms with E-state index in [2.05, 4.69) is 10.6 Å². The van der Waals surface area contributed by atoms with Crippen molar-refractivity contribution in [3.63, 3.8) is 0 Å². The summed E-state index contributed by atoms with van der Waals surface area (Å²) in [5.74, 6) is -0.0483. The van der Waals surface area contributed by atoms with Crippen molar-refractivity contribution < 1.29 is 19.1 Å². The van der Waals surface area contributed by atoms with Crippen LogP contribution >= 0.6 is 11.8 Å². The summed E-state index contributed by atoms with van der Waals surface area (Å²) in [5.41, 5.74) is 0.584. The highest BCUT2D eigenvalue weighted by Gasteiger charge is 2.15. The van der Waals surface area contributed by atoms with Gasteiger partial charge in [0.05, 0.1) is 19.3 Å². The van der Waals surface area contributed by atoms with Gasteiger partial charge in [-0.15, -0.1) is 0 Å². The molecule has 0 aromatic heterocycles. The van der Waals surface area contributed by atoms with E-state index in [0.717, 1.165) is 15.5 Å². The van der Waals surface area contributed by atoms with Crippen LogP contribution in [0.5, 0.6) is 11.5 Å². The predicted octanol–water partition coefficient (Wildman–Crippen LogP) is 3.98. The Morgan fingerprint density at radius 1 is 0.833 bits per heavy atom. The molecule has 2 amide bonds. The number of ether oxygens (including phenoxy) is 2. The second-order valence-corrected chi connectivity index (χ2v) is 7.26. The second-order valence-electron chi connectivity index (χ2n) is 6.15. The first-order valence-electron chi connectivity index (χ1n) is 9.33. The highest BCUT2D eigenvalue weighted by atomic mass is 32.2. The van der Waals surface area contributed by atoms with Gasteiger partial charge in [-0.2, -0.15) is 0 Å². The lowest BCUT2D eigenvalue weighted by Crippen LogP contribution is -2.37. The van der Waals surface area contributed by atoms with Crippen LogP contribution in [0.25, 0.3) is 0 Å². The van der Waals surface area contributed by atoms with E-state index in [4.69, 9.17) is 9.47 Å². The van der Waals surface area contributed by atoms with Crippen molar-refractivity contribution >= 4 is 29.3 Å². The van der Waals surface area contributed by atoms with E-state index in [1.807, 2.05) is 48.5 Å². The first-order chi connectivity index (χ1) is 14.7. The van der Waals surface area contributed by atoms with E-state index in [1.54, 1.807) is 37.4 Å². The summed E-state index contributed by atoms with van der Waals surface area (Å²) in [6.07, 6.45) is 0. The fourth-order valence-corrected chi connectivity index (χ4v) is 3.46. The van der Waals surface area contributed by atoms with E-state index < -0.39 is 11.8 Å². The lowest BCUT2D eigenvalue weighted by atomic mass is 10.3. The summed E-state index contributed by atoms with van der Waals surface area (Å²) in [4.78, 5) is 26.3. The summed E-state index contributed by atoms with van der Waals surface area (Å²) in [5, 5.41) is 5.23. The molecule has 3 aromatic carbocycles. The molecular weight excluding hydrogens is 400 g/mol. The molecule has 2 N–H and O–H groups in total. The topological polar surface area (TPSA) is 76.7 Å². The summed E-state index contributed by atoms with van der Waals surface area (Å²) in [6.45, 7) is 0.449. The van der Waals surface area contributed by atoms with Gasteiger partial charge in [0.2, 0.25) is 0 Å². The molecule has 30 heavy (non-hydrogen) atoms. The standard InChI is InChI=1S/C23H22N2O4S/c1-28-17-11-13-18(14-12-17)29-16-15-24-22(26)23(27)25-20-9-5-6-10-21(20)30-19-7-3-2-4-8-19/h2-14H,15-16H2,1H3,(H,24,26)(H,25,27). The number of hydrogen-bond donors (Lipinski definition) is 2. The molecule has 0 unspecified atom stereocenters. The SMILES string of the molecule is COc1ccc(OCCNC(=O)C(=O)Nc2ccccc2Sc2ccccc2)cc1. The molecule has 0 aliphatic rings. The Hall–Kier alpha value is -3.45. The third-order valence-electron chi connectivity index (χ3n) is 4.03. The van der Waals surface area contributed by atoms with E-state index in [1.165, 1.54) is 11.8 Å². The number of para-hydroxylation sites is 1. The minimum Gasteiger partial charge on any atom is -0.497 e. The van der Waals surface area contributed by atoms with Crippen LogP contribution in [0.3, 0.4) is 0 Å². The highest BCUT2D eigenvalue weighted by Crippen LogP contribution is 2.33. The molecule has 0 bridgehead atoms. The molecule has 3 aromatic rings. The van der Waals surface area contributed by atoms with Crippen LogP contribution in [0.1, 0.15) is 0 Å². The molecule has 154 valence electrons. The number of carbonyl (C=O) groups is 2. The first kappa shape index (κ1) is 21.3. The van der Waals surface area contributed by atoms with Crippen LogP contribution in [-0.2, 0) is 9.59 Å². The summed E-state index contributed by atoms with van der Waals surface area (Å²) < 4.78 is 10.6. The molecule has 0 radical (unpaired) electrons. The number of anilines is 1. The molecule has 0 saturated heterocycles. The van der Waals surface area contributed by atoms with Gasteiger partial charge in [-0.05, 0) is 48.5 Å². The van der Waals surface area contributed by atoms with Crippen molar-refractivity contribution in [3.05, 3.63) is 78.9 Å². The van der Waals surface area contributed by atoms with Crippen molar-refractivity contribution in [1.82, 2.24) is 5.32 Å². The molecule has 0 heterocycles. The Labute approximate surface area is 179 Å². The van der Waals surface area contributed by atoms with Crippen molar-refractivity contribution in [2.24, 2.45) is 0 Å². The number of hydrogen-bond acceptors (Lipinski definition) is 5. The van der Waals surface area contributed by atoms with E-state index in [0.29, 0.717) is 11.4 Å². The number of carbonyl (C=O) groups excluding carboxylic acids is 2. The quantitative estimate of drug-likeness (QED) is 0.424. The molecule has 7 heteroatoms. The average molecular weight is 423 g/mol. The molecule has 0 saturated carbocycles. The van der Waals surface area contributed by atoms with Gasteiger partial charge in [0.25, 0.3) is 0 Å². The van der Waals surface area contributed by atoms with Gasteiger partial charge in [-0.25, -0.2) is 0 Å². The van der Waals surface area contributed by atoms with Gasteiger partial charge in [0, 0.05) is 9.79 Å². The van der Waals surface area contributed by atoms with Crippen molar-refractivity contribution in [2.45, 2.75) is 9.79 Å². The van der Waals surface area contributed by atoms with Crippen LogP contribution in [-0.4, -0.2) is 32.1 Å². The number of methoxy groups -OCH3 is 1. The monoisotopic (exact) mass is 422 g/mol. The maximum atomic E-state index is 12.3. The third kappa shape index (κ3) is 6.28. The zero-order valence-electron chi connectivity index (χ0n) is 16.5. The number of nitrogens with one attached hydrogen (secondary N) is 2. The van der Waals surface area contributed by atoms with Gasteiger partial charge in [0.15, 0.2) is 0 Å². The van der Waals surface area contributed by atoms with E-state index in [9.17, 15) is 9.59 Å². The van der Waals surface area contributed by atoms with Gasteiger partial charge in [-0.1, -0.05) is 42.1 Å². The molecule has 0 fully saturated rings. The van der Waals surface area contributed by atoms with Crippen molar-refractivity contribution in [3.8, 4) is 11.5 Å². The van der Waals surface area contributed by atoms with Gasteiger partial charge in [-0.3, -0.25) is 9.59 Å². The molecule has 3 rings (SSSR count). The Bertz CT molecular complexity index is 978. The molecule has 0 spiro atoms. The zero-order chi connectivity index (χ0) is 21.2. The summed E-state index contributed by atoms with van der Waals surface area (Å²) in [6, 6.07) is 24.3. The summed E-state index contributed by atoms with van der Waals surface area (Å²) >= 11 is 1.51. The fourth-order valence-electron chi connectivity index (χ4n) is 2.54. The minimum atomic E-state index is -0.722. The molecule has 0 aliphatic heterocycles. The Kier molecular flexibility index (Phi) is 7.74. The fraction of sp³-hybridized carbons (Fsp3) is 0.130. The highest BCUT2D eigenvalue weighted by molar-refractivity contribution is 7.99. The summed E-state index contributed by atoms with van der Waals surface area (Å²) in [7, 11) is 1.59. The number of amides is 2. The van der Waals surface area contributed by atoms with Gasteiger partial charge in [0.1, 0.15) is 18.1 Å². The van der Waals surface area contributed by atoms with Crippen LogP contribution in [0.4, 0.5) is 5.69 Å². The molecular formula is C23H22N2O4S. The molecule has 0 aliphatic carbocycles. The van der Waals surface area contributed by atoms with Crippen molar-refractivity contribution in [2.75, 3.05) is 25.6 Å². The maximum absolute atomic E-state index is 12.3. The molecule has 6 nitrogen and oxygen atoms in total. The van der Waals surface area contributed by atoms with Gasteiger partial charge >= 0.3 is 11.8 Å². The van der Waals surface area contributed by atoms with Crippen LogP contribution in [0.15, 0.2) is 88.7 Å². The largest absolute Gasteiger partial charge is 0.497 e. The average Bonchev–Trinajstić information content (AvgIpc) is 2.79. The zero-order valence-corrected chi connectivity index (χ0v) is 17.3. The lowest BCUT2D eigenvalue weighted by molar-refractivity contribution is -0.136. The van der Waals surface area contributed by atoms with E-state index in [-0.39, 0.29) is 13.2 Å². The second kappa shape index (κ2) is 10.9. The van der Waals surface area contributed by atoms with E-state index >= 15 is 0 Å². The van der Waals surface area contributed by atoms with Gasteiger partial charge < -0.3 is 20.1 Å². The van der Waals surface area contributed by atoms with Crippen molar-refractivity contribution in [1.29, 1.82) is 0 Å². The van der Waals surface area contributed by atoms with Crippen LogP contribution < -0.4 is 20.1 Å². The Morgan fingerprint density at radius 2 is 1.50 bits per heavy atom. The van der Waals surface area contributed by atoms with Crippen LogP contribution in [0.2, 0.25) is 0 Å². The maximum Gasteiger partial charge on any atom is 0.313 e. The third-order valence-corrected chi connectivity index (χ3v) is 5.11. The number of benzene rings is 3. The van der Waals surface area contributed by atoms with Crippen LogP contribution in [0, 0.1) is 0 Å². The lowest BCUT2D eigenvalue weighted by Gasteiger charge is -2.11. The minimum absolute atomic E-state index is 0.207. The molecule has 0 atom stereocenters. The smallest absolute Gasteiger partial charge is 0.313 e. The number of rotatable bonds is 8. The first-order valence-corrected chi connectivity index (χ1v) is 10.2. The Balaban J connectivity index is 1.48. The normalized spacial score (nSPS) is 10.2. The predicted molar refractivity (Wildman–Crippen MR) is 117 cm³/mol. The Morgan fingerprint density at radius 3 is 2.23 bits per heavy atom.